The number of nitrogens with one attached hydrogen (secondary N) is 1. The lowest BCUT2D eigenvalue weighted by molar-refractivity contribution is 0.213. The van der Waals surface area contributed by atoms with Gasteiger partial charge in [-0.25, -0.2) is 8.78 Å². The average molecular weight is 300 g/mol. The summed E-state index contributed by atoms with van der Waals surface area (Å²) in [5.41, 5.74) is 0.442. The van der Waals surface area contributed by atoms with Crippen LogP contribution in [0.15, 0.2) is 18.2 Å². The zero-order chi connectivity index (χ0) is 14.5. The topological polar surface area (TPSA) is 15.3 Å². The van der Waals surface area contributed by atoms with E-state index in [0.29, 0.717) is 5.56 Å². The van der Waals surface area contributed by atoms with Crippen LogP contribution < -0.4 is 5.32 Å². The molecule has 1 aliphatic rings. The van der Waals surface area contributed by atoms with Crippen LogP contribution >= 0.6 is 11.8 Å². The Morgan fingerprint density at radius 3 is 2.95 bits per heavy atom. The van der Waals surface area contributed by atoms with Gasteiger partial charge in [-0.2, -0.15) is 11.8 Å². The minimum atomic E-state index is -0.379. The molecule has 0 saturated carbocycles. The molecule has 1 aromatic rings. The fraction of sp³-hybridized carbons (Fsp3) is 0.600. The van der Waals surface area contributed by atoms with Gasteiger partial charge in [0.25, 0.3) is 0 Å². The van der Waals surface area contributed by atoms with Crippen molar-refractivity contribution >= 4 is 11.8 Å². The molecule has 0 spiro atoms. The molecule has 1 N–H and O–H groups in total. The smallest absolute Gasteiger partial charge is 0.128 e. The molecule has 1 heterocycles. The van der Waals surface area contributed by atoms with Gasteiger partial charge in [-0.3, -0.25) is 4.90 Å². The number of hydrogen-bond acceptors (Lipinski definition) is 3. The van der Waals surface area contributed by atoms with Crippen molar-refractivity contribution in [2.45, 2.75) is 25.4 Å². The Hall–Kier alpha value is -0.650. The molecule has 1 aliphatic heterocycles. The highest BCUT2D eigenvalue weighted by Gasteiger charge is 2.30. The summed E-state index contributed by atoms with van der Waals surface area (Å²) in [6, 6.07) is 3.76. The van der Waals surface area contributed by atoms with E-state index in [1.54, 1.807) is 0 Å². The molecule has 112 valence electrons. The van der Waals surface area contributed by atoms with E-state index >= 15 is 0 Å². The molecule has 2 rings (SSSR count). The van der Waals surface area contributed by atoms with Crippen LogP contribution in [0, 0.1) is 11.6 Å². The zero-order valence-electron chi connectivity index (χ0n) is 12.0. The van der Waals surface area contributed by atoms with Crippen LogP contribution in [0.5, 0.6) is 0 Å². The maximum absolute atomic E-state index is 14.1. The van der Waals surface area contributed by atoms with Gasteiger partial charge < -0.3 is 5.32 Å². The fourth-order valence-corrected chi connectivity index (χ4v) is 3.83. The van der Waals surface area contributed by atoms with E-state index in [2.05, 4.69) is 24.2 Å². The third-order valence-corrected chi connectivity index (χ3v) is 4.78. The number of hydrogen-bond donors (Lipinski definition) is 1. The zero-order valence-corrected chi connectivity index (χ0v) is 12.9. The summed E-state index contributed by atoms with van der Waals surface area (Å²) in [7, 11) is 2.06. The van der Waals surface area contributed by atoms with Crippen molar-refractivity contribution in [3.05, 3.63) is 35.4 Å². The Kier molecular flexibility index (Phi) is 5.81. The van der Waals surface area contributed by atoms with Crippen LogP contribution in [0.2, 0.25) is 0 Å². The second kappa shape index (κ2) is 7.38. The summed E-state index contributed by atoms with van der Waals surface area (Å²) in [5.74, 6) is 1.33. The van der Waals surface area contributed by atoms with E-state index in [0.717, 1.165) is 31.0 Å². The number of rotatable bonds is 5. The third kappa shape index (κ3) is 3.71. The molecule has 0 amide bonds. The van der Waals surface area contributed by atoms with Crippen LogP contribution in [0.1, 0.15) is 24.9 Å². The molecule has 2 atom stereocenters. The largest absolute Gasteiger partial charge is 0.309 e. The van der Waals surface area contributed by atoms with Crippen molar-refractivity contribution in [2.75, 3.05) is 31.6 Å². The van der Waals surface area contributed by atoms with Gasteiger partial charge in [-0.05, 0) is 38.2 Å². The Bertz CT molecular complexity index is 442. The summed E-state index contributed by atoms with van der Waals surface area (Å²) in [6.45, 7) is 3.86. The van der Waals surface area contributed by atoms with E-state index in [4.69, 9.17) is 0 Å². The normalized spacial score (nSPS) is 21.9. The van der Waals surface area contributed by atoms with Crippen molar-refractivity contribution in [1.82, 2.24) is 10.2 Å². The van der Waals surface area contributed by atoms with E-state index in [1.165, 1.54) is 18.2 Å². The second-order valence-corrected chi connectivity index (χ2v) is 6.37. The van der Waals surface area contributed by atoms with E-state index in [-0.39, 0.29) is 23.7 Å². The van der Waals surface area contributed by atoms with Gasteiger partial charge in [0.1, 0.15) is 11.6 Å². The molecular weight excluding hydrogens is 278 g/mol. The molecule has 1 fully saturated rings. The molecule has 0 aromatic heterocycles. The molecule has 0 aliphatic carbocycles. The Balaban J connectivity index is 2.28. The fourth-order valence-electron chi connectivity index (χ4n) is 2.56. The van der Waals surface area contributed by atoms with Gasteiger partial charge in [0, 0.05) is 29.7 Å². The standard InChI is InChI=1S/C15H22F2N2S/c1-3-6-18-15(14-10-20-8-7-19(14)2)12-9-11(16)4-5-13(12)17/h4-5,9,14-15,18H,3,6-8,10H2,1-2H3. The van der Waals surface area contributed by atoms with E-state index in [1.807, 2.05) is 11.8 Å². The quantitative estimate of drug-likeness (QED) is 0.900. The van der Waals surface area contributed by atoms with Crippen molar-refractivity contribution in [2.24, 2.45) is 0 Å². The van der Waals surface area contributed by atoms with Crippen LogP contribution in [0.25, 0.3) is 0 Å². The lowest BCUT2D eigenvalue weighted by Gasteiger charge is -2.38. The van der Waals surface area contributed by atoms with Crippen molar-refractivity contribution in [3.8, 4) is 0 Å². The van der Waals surface area contributed by atoms with Gasteiger partial charge in [0.05, 0.1) is 6.04 Å². The van der Waals surface area contributed by atoms with Gasteiger partial charge in [0.15, 0.2) is 0 Å². The van der Waals surface area contributed by atoms with Crippen LogP contribution in [0.3, 0.4) is 0 Å². The number of nitrogens with zero attached hydrogens (tertiary/aromatic N) is 1. The third-order valence-electron chi connectivity index (χ3n) is 3.74. The Labute approximate surface area is 123 Å². The average Bonchev–Trinajstić information content (AvgIpc) is 2.44. The molecule has 20 heavy (non-hydrogen) atoms. The van der Waals surface area contributed by atoms with Gasteiger partial charge >= 0.3 is 0 Å². The summed E-state index contributed by atoms with van der Waals surface area (Å²) < 4.78 is 27.6. The summed E-state index contributed by atoms with van der Waals surface area (Å²) >= 11 is 1.88. The Morgan fingerprint density at radius 1 is 1.45 bits per heavy atom. The molecule has 2 unspecified atom stereocenters. The highest BCUT2D eigenvalue weighted by molar-refractivity contribution is 7.99. The second-order valence-electron chi connectivity index (χ2n) is 5.22. The monoisotopic (exact) mass is 300 g/mol. The SMILES string of the molecule is CCCNC(c1cc(F)ccc1F)C1CSCCN1C. The first kappa shape index (κ1) is 15.7. The molecule has 0 bridgehead atoms. The maximum Gasteiger partial charge on any atom is 0.128 e. The van der Waals surface area contributed by atoms with Crippen LogP contribution in [-0.2, 0) is 0 Å². The molecular formula is C15H22F2N2S. The van der Waals surface area contributed by atoms with Crippen molar-refractivity contribution < 1.29 is 8.78 Å². The highest BCUT2D eigenvalue weighted by atomic mass is 32.2. The van der Waals surface area contributed by atoms with Gasteiger partial charge in [-0.15, -0.1) is 0 Å². The maximum atomic E-state index is 14.1. The first-order valence-corrected chi connectivity index (χ1v) is 8.25. The van der Waals surface area contributed by atoms with Crippen molar-refractivity contribution in [3.63, 3.8) is 0 Å². The molecule has 2 nitrogen and oxygen atoms in total. The minimum Gasteiger partial charge on any atom is -0.309 e. The number of likely N-dealkylation sites (N-methyl/N-ethyl adjacent to an activating group) is 1. The van der Waals surface area contributed by atoms with Crippen molar-refractivity contribution in [1.29, 1.82) is 0 Å². The first-order chi connectivity index (χ1) is 9.63. The summed E-state index contributed by atoms with van der Waals surface area (Å²) in [6.07, 6.45) is 0.969. The van der Waals surface area contributed by atoms with Gasteiger partial charge in [0.2, 0.25) is 0 Å². The Morgan fingerprint density at radius 2 is 2.25 bits per heavy atom. The molecule has 1 saturated heterocycles. The molecule has 0 radical (unpaired) electrons. The lowest BCUT2D eigenvalue weighted by atomic mass is 9.98. The highest BCUT2D eigenvalue weighted by Crippen LogP contribution is 2.29. The van der Waals surface area contributed by atoms with Crippen LogP contribution in [-0.4, -0.2) is 42.6 Å². The van der Waals surface area contributed by atoms with Crippen LogP contribution in [0.4, 0.5) is 8.78 Å². The minimum absolute atomic E-state index is 0.163. The molecule has 5 heteroatoms. The number of benzene rings is 1. The van der Waals surface area contributed by atoms with E-state index < -0.39 is 0 Å². The number of thioether (sulfide) groups is 1. The predicted octanol–water partition coefficient (Wildman–Crippen LogP) is 3.05. The summed E-state index contributed by atoms with van der Waals surface area (Å²) in [4.78, 5) is 2.24. The number of halogens is 2. The lowest BCUT2D eigenvalue weighted by Crippen LogP contribution is -2.48. The predicted molar refractivity (Wildman–Crippen MR) is 81.1 cm³/mol. The van der Waals surface area contributed by atoms with E-state index in [9.17, 15) is 8.78 Å². The summed E-state index contributed by atoms with van der Waals surface area (Å²) in [5, 5.41) is 3.39. The first-order valence-electron chi connectivity index (χ1n) is 7.09. The molecule has 1 aromatic carbocycles. The van der Waals surface area contributed by atoms with Gasteiger partial charge in [-0.1, -0.05) is 6.92 Å².